The molecule has 68 valence electrons. The molecule has 12 heavy (non-hydrogen) atoms. The van der Waals surface area contributed by atoms with Crippen molar-refractivity contribution in [1.29, 1.82) is 0 Å². The minimum absolute atomic E-state index is 0.507. The molecule has 0 aromatic carbocycles. The summed E-state index contributed by atoms with van der Waals surface area (Å²) in [7, 11) is 0. The number of nitrogens with one attached hydrogen (secondary N) is 1. The van der Waals surface area contributed by atoms with Crippen LogP contribution in [0.1, 0.15) is 17.5 Å². The van der Waals surface area contributed by atoms with Crippen LogP contribution in [0, 0.1) is 6.92 Å². The molecule has 0 aliphatic rings. The van der Waals surface area contributed by atoms with E-state index in [1.54, 1.807) is 12.1 Å². The number of aromatic amines is 1. The van der Waals surface area contributed by atoms with Crippen molar-refractivity contribution in [3.8, 4) is 0 Å². The molecule has 1 heterocycles. The molecule has 0 aliphatic carbocycles. The van der Waals surface area contributed by atoms with Crippen LogP contribution in [0.25, 0.3) is 0 Å². The predicted octanol–water partition coefficient (Wildman–Crippen LogP) is 2.73. The molecule has 1 aromatic heterocycles. The molecule has 0 amide bonds. The van der Waals surface area contributed by atoms with Crippen LogP contribution in [-0.2, 0) is 0 Å². The van der Waals surface area contributed by atoms with Gasteiger partial charge in [0.2, 0.25) is 3.79 Å². The van der Waals surface area contributed by atoms with Crippen LogP contribution in [-0.4, -0.2) is 13.9 Å². The Bertz CT molecular complexity index is 266. The van der Waals surface area contributed by atoms with E-state index in [0.29, 0.717) is 5.69 Å². The lowest BCUT2D eigenvalue weighted by molar-refractivity contribution is 0.178. The quantitative estimate of drug-likeness (QED) is 0.713. The van der Waals surface area contributed by atoms with Gasteiger partial charge in [0.1, 0.15) is 6.10 Å². The molecule has 0 saturated heterocycles. The van der Waals surface area contributed by atoms with E-state index in [1.807, 2.05) is 6.92 Å². The monoisotopic (exact) mass is 227 g/mol. The molecule has 0 aliphatic heterocycles. The zero-order valence-electron chi connectivity index (χ0n) is 6.31. The van der Waals surface area contributed by atoms with Crippen LogP contribution in [0.3, 0.4) is 0 Å². The summed E-state index contributed by atoms with van der Waals surface area (Å²) in [6.45, 7) is 1.86. The Morgan fingerprint density at radius 1 is 1.42 bits per heavy atom. The van der Waals surface area contributed by atoms with Crippen LogP contribution in [0.5, 0.6) is 0 Å². The average molecular weight is 229 g/mol. The third kappa shape index (κ3) is 2.30. The summed E-state index contributed by atoms with van der Waals surface area (Å²) in [5.41, 5.74) is 1.42. The van der Waals surface area contributed by atoms with Gasteiger partial charge >= 0.3 is 0 Å². The Balaban J connectivity index is 2.85. The Hall–Kier alpha value is 0.110. The summed E-state index contributed by atoms with van der Waals surface area (Å²) >= 11 is 16.5. The Kier molecular flexibility index (Phi) is 2.94. The van der Waals surface area contributed by atoms with Crippen LogP contribution in [0.4, 0.5) is 0 Å². The van der Waals surface area contributed by atoms with Gasteiger partial charge in [0.25, 0.3) is 0 Å². The molecule has 0 bridgehead atoms. The fraction of sp³-hybridized carbons (Fsp3) is 0.429. The highest BCUT2D eigenvalue weighted by Gasteiger charge is 2.32. The van der Waals surface area contributed by atoms with Crippen molar-refractivity contribution >= 4 is 34.8 Å². The third-order valence-electron chi connectivity index (χ3n) is 1.46. The van der Waals surface area contributed by atoms with Crippen LogP contribution in [0.15, 0.2) is 12.1 Å². The van der Waals surface area contributed by atoms with E-state index in [4.69, 9.17) is 34.8 Å². The minimum Gasteiger partial charge on any atom is -0.382 e. The molecule has 5 heteroatoms. The van der Waals surface area contributed by atoms with Gasteiger partial charge in [-0.1, -0.05) is 34.8 Å². The number of aliphatic hydroxyl groups excluding tert-OH is 1. The summed E-state index contributed by atoms with van der Waals surface area (Å²) < 4.78 is -1.68. The first kappa shape index (κ1) is 10.2. The zero-order valence-corrected chi connectivity index (χ0v) is 8.58. The number of rotatable bonds is 1. The molecule has 1 unspecified atom stereocenters. The summed E-state index contributed by atoms with van der Waals surface area (Å²) in [6, 6.07) is 3.48. The van der Waals surface area contributed by atoms with E-state index in [2.05, 4.69) is 4.98 Å². The fourth-order valence-corrected chi connectivity index (χ4v) is 1.21. The number of alkyl halides is 3. The standard InChI is InChI=1S/C7H8Cl3NO/c1-4-2-3-5(11-4)6(12)7(8,9)10/h2-3,6,11-12H,1H3. The van der Waals surface area contributed by atoms with Gasteiger partial charge in [0, 0.05) is 11.4 Å². The second-order valence-corrected chi connectivity index (χ2v) is 4.91. The van der Waals surface area contributed by atoms with E-state index in [1.165, 1.54) is 0 Å². The van der Waals surface area contributed by atoms with E-state index in [0.717, 1.165) is 5.69 Å². The molecular formula is C7H8Cl3NO. The fourth-order valence-electron chi connectivity index (χ4n) is 0.862. The topological polar surface area (TPSA) is 36.0 Å². The van der Waals surface area contributed by atoms with Gasteiger partial charge < -0.3 is 10.1 Å². The van der Waals surface area contributed by atoms with Crippen molar-refractivity contribution < 1.29 is 5.11 Å². The van der Waals surface area contributed by atoms with E-state index in [-0.39, 0.29) is 0 Å². The van der Waals surface area contributed by atoms with Crippen molar-refractivity contribution in [2.75, 3.05) is 0 Å². The molecule has 0 radical (unpaired) electrons. The summed E-state index contributed by atoms with van der Waals surface area (Å²) in [5.74, 6) is 0. The molecule has 0 fully saturated rings. The molecule has 0 spiro atoms. The molecule has 1 rings (SSSR count). The van der Waals surface area contributed by atoms with E-state index >= 15 is 0 Å². The Labute approximate surface area is 85.4 Å². The number of aryl methyl sites for hydroxylation is 1. The first-order valence-electron chi connectivity index (χ1n) is 3.31. The van der Waals surface area contributed by atoms with Gasteiger partial charge in [0.15, 0.2) is 0 Å². The SMILES string of the molecule is Cc1ccc(C(O)C(Cl)(Cl)Cl)[nH]1. The van der Waals surface area contributed by atoms with Crippen LogP contribution >= 0.6 is 34.8 Å². The Morgan fingerprint density at radius 2 is 2.00 bits per heavy atom. The van der Waals surface area contributed by atoms with Gasteiger partial charge in [-0.2, -0.15) is 0 Å². The maximum atomic E-state index is 9.44. The predicted molar refractivity (Wildman–Crippen MR) is 50.8 cm³/mol. The number of hydrogen-bond donors (Lipinski definition) is 2. The van der Waals surface area contributed by atoms with Gasteiger partial charge in [0.05, 0.1) is 0 Å². The zero-order chi connectivity index (χ0) is 9.35. The van der Waals surface area contributed by atoms with Crippen LogP contribution in [0.2, 0.25) is 0 Å². The second-order valence-electron chi connectivity index (χ2n) is 2.54. The number of aromatic nitrogens is 1. The molecule has 0 saturated carbocycles. The maximum Gasteiger partial charge on any atom is 0.221 e. The number of halogens is 3. The van der Waals surface area contributed by atoms with Gasteiger partial charge in [-0.3, -0.25) is 0 Å². The van der Waals surface area contributed by atoms with Crippen molar-refractivity contribution in [1.82, 2.24) is 4.98 Å². The largest absolute Gasteiger partial charge is 0.382 e. The van der Waals surface area contributed by atoms with Gasteiger partial charge in [-0.15, -0.1) is 0 Å². The normalized spacial score (nSPS) is 14.8. The third-order valence-corrected chi connectivity index (χ3v) is 2.08. The summed E-state index contributed by atoms with van der Waals surface area (Å²) in [4.78, 5) is 2.88. The Morgan fingerprint density at radius 3 is 2.33 bits per heavy atom. The van der Waals surface area contributed by atoms with E-state index in [9.17, 15) is 5.11 Å². The molecule has 1 aromatic rings. The highest BCUT2D eigenvalue weighted by atomic mass is 35.6. The lowest BCUT2D eigenvalue weighted by Gasteiger charge is -2.17. The molecular weight excluding hydrogens is 220 g/mol. The van der Waals surface area contributed by atoms with Crippen molar-refractivity contribution in [3.05, 3.63) is 23.5 Å². The number of aliphatic hydroxyl groups is 1. The number of hydrogen-bond acceptors (Lipinski definition) is 1. The summed E-state index contributed by atoms with van der Waals surface area (Å²) in [6.07, 6.45) is -1.11. The first-order valence-corrected chi connectivity index (χ1v) is 4.45. The van der Waals surface area contributed by atoms with Crippen molar-refractivity contribution in [2.24, 2.45) is 0 Å². The molecule has 2 N–H and O–H groups in total. The average Bonchev–Trinajstić information content (AvgIpc) is 2.32. The number of H-pyrrole nitrogens is 1. The maximum absolute atomic E-state index is 9.44. The second kappa shape index (κ2) is 3.46. The van der Waals surface area contributed by atoms with Crippen molar-refractivity contribution in [3.63, 3.8) is 0 Å². The minimum atomic E-state index is -1.68. The molecule has 1 atom stereocenters. The summed E-state index contributed by atoms with van der Waals surface area (Å²) in [5, 5.41) is 9.44. The highest BCUT2D eigenvalue weighted by molar-refractivity contribution is 6.67. The first-order chi connectivity index (χ1) is 5.41. The van der Waals surface area contributed by atoms with Gasteiger partial charge in [-0.25, -0.2) is 0 Å². The van der Waals surface area contributed by atoms with E-state index < -0.39 is 9.90 Å². The lowest BCUT2D eigenvalue weighted by Crippen LogP contribution is -2.16. The smallest absolute Gasteiger partial charge is 0.221 e. The van der Waals surface area contributed by atoms with Crippen molar-refractivity contribution in [2.45, 2.75) is 16.8 Å². The molecule has 2 nitrogen and oxygen atoms in total. The highest BCUT2D eigenvalue weighted by Crippen LogP contribution is 2.39. The lowest BCUT2D eigenvalue weighted by atomic mass is 10.3. The van der Waals surface area contributed by atoms with Crippen LogP contribution < -0.4 is 0 Å². The van der Waals surface area contributed by atoms with Gasteiger partial charge in [-0.05, 0) is 19.1 Å².